The first kappa shape index (κ1) is 30.9. The summed E-state index contributed by atoms with van der Waals surface area (Å²) in [4.78, 5) is 19.2. The lowest BCUT2D eigenvalue weighted by Crippen LogP contribution is -2.53. The van der Waals surface area contributed by atoms with Crippen molar-refractivity contribution in [3.05, 3.63) is 134 Å². The number of hydrogen-bond donors (Lipinski definition) is 3. The first-order valence-electron chi connectivity index (χ1n) is 13.8. The number of aliphatic hydroxyl groups is 1. The lowest BCUT2D eigenvalue weighted by molar-refractivity contribution is -0.130. The molecule has 0 aromatic heterocycles. The van der Waals surface area contributed by atoms with E-state index < -0.39 is 17.6 Å². The van der Waals surface area contributed by atoms with Crippen LogP contribution in [0.3, 0.4) is 0 Å². The average Bonchev–Trinajstić information content (AvgIpc) is 3.40. The van der Waals surface area contributed by atoms with Gasteiger partial charge in [-0.05, 0) is 65.7 Å². The fourth-order valence-electron chi connectivity index (χ4n) is 4.80. The first-order valence-corrected chi connectivity index (χ1v) is 15.3. The monoisotopic (exact) mass is 709 g/mol. The van der Waals surface area contributed by atoms with Crippen molar-refractivity contribution in [1.29, 1.82) is 0 Å². The van der Waals surface area contributed by atoms with Crippen molar-refractivity contribution in [3.8, 4) is 5.75 Å². The normalized spacial score (nSPS) is 17.7. The minimum atomic E-state index is -1.41. The van der Waals surface area contributed by atoms with Gasteiger partial charge in [0, 0.05) is 46.1 Å². The highest BCUT2D eigenvalue weighted by atomic mass is 79.9. The second-order valence-electron chi connectivity index (χ2n) is 10.0. The molecular formula is C33H30Br2FN3O4. The Hall–Kier alpha value is -3.57. The van der Waals surface area contributed by atoms with Crippen LogP contribution in [0.5, 0.6) is 5.75 Å². The Morgan fingerprint density at radius 2 is 1.63 bits per heavy atom. The van der Waals surface area contributed by atoms with Crippen LogP contribution in [-0.4, -0.2) is 35.7 Å². The topological polar surface area (TPSA) is 92.2 Å². The lowest BCUT2D eigenvalue weighted by Gasteiger charge is -2.31. The maximum Gasteiger partial charge on any atom is 0.266 e. The van der Waals surface area contributed by atoms with Crippen molar-refractivity contribution in [2.45, 2.75) is 31.0 Å². The number of ether oxygens (including phenoxy) is 2. The number of carbonyl (C=O) groups excluding carboxylic acids is 1. The summed E-state index contributed by atoms with van der Waals surface area (Å²) in [6.07, 6.45) is 0.000475. The van der Waals surface area contributed by atoms with Gasteiger partial charge < -0.3 is 14.6 Å². The van der Waals surface area contributed by atoms with Gasteiger partial charge in [-0.1, -0.05) is 74.3 Å². The first-order chi connectivity index (χ1) is 20.9. The maximum absolute atomic E-state index is 14.3. The Balaban J connectivity index is 1.51. The Morgan fingerprint density at radius 3 is 2.30 bits per heavy atom. The molecule has 2 atom stereocenters. The SMILES string of the molecule is O=C(NNCc1ccccc1F)[C@@]1(Cc2ccc(Br)cc2)N=C(c2ccc(OCCCO)cc2)O[C@H]1c1ccc(Br)cc1. The fraction of sp³-hybridized carbons (Fsp3) is 0.212. The van der Waals surface area contributed by atoms with E-state index in [2.05, 4.69) is 42.7 Å². The van der Waals surface area contributed by atoms with Crippen LogP contribution in [0.2, 0.25) is 0 Å². The molecule has 0 saturated heterocycles. The van der Waals surface area contributed by atoms with Crippen LogP contribution in [0, 0.1) is 5.82 Å². The minimum absolute atomic E-state index is 0.0534. The standard InChI is InChI=1S/C33H30Br2FN3O4/c34-26-12-6-22(7-13-26)20-33(32(41)39-37-21-25-4-1-2-5-29(25)36)30(23-8-14-27(35)15-9-23)43-31(38-33)24-10-16-28(17-11-24)42-19-3-18-40/h1-2,4-17,30,37,40H,3,18-21H2,(H,39,41)/t30-,33-/m0/s1. The third kappa shape index (κ3) is 7.51. The number of hydrazine groups is 1. The molecule has 0 bridgehead atoms. The molecule has 0 spiro atoms. The molecule has 1 aliphatic heterocycles. The van der Waals surface area contributed by atoms with Crippen LogP contribution >= 0.6 is 31.9 Å². The molecule has 0 radical (unpaired) electrons. The molecule has 222 valence electrons. The number of hydrogen-bond acceptors (Lipinski definition) is 6. The van der Waals surface area contributed by atoms with E-state index in [1.807, 2.05) is 60.7 Å². The molecule has 1 amide bonds. The number of benzene rings is 4. The zero-order valence-electron chi connectivity index (χ0n) is 23.1. The maximum atomic E-state index is 14.3. The molecule has 3 N–H and O–H groups in total. The van der Waals surface area contributed by atoms with Gasteiger partial charge in [0.25, 0.3) is 5.91 Å². The molecule has 1 aliphatic rings. The Kier molecular flexibility index (Phi) is 10.2. The molecule has 43 heavy (non-hydrogen) atoms. The van der Waals surface area contributed by atoms with Crippen LogP contribution in [0.15, 0.2) is 111 Å². The van der Waals surface area contributed by atoms with Crippen molar-refractivity contribution in [1.82, 2.24) is 10.9 Å². The van der Waals surface area contributed by atoms with E-state index in [1.165, 1.54) is 6.07 Å². The molecule has 0 fully saturated rings. The van der Waals surface area contributed by atoms with Crippen LogP contribution in [0.1, 0.15) is 34.8 Å². The highest BCUT2D eigenvalue weighted by Crippen LogP contribution is 2.43. The zero-order valence-corrected chi connectivity index (χ0v) is 26.3. The van der Waals surface area contributed by atoms with Crippen LogP contribution in [0.25, 0.3) is 0 Å². The van der Waals surface area contributed by atoms with Crippen molar-refractivity contribution in [3.63, 3.8) is 0 Å². The number of amides is 1. The predicted octanol–water partition coefficient (Wildman–Crippen LogP) is 6.43. The van der Waals surface area contributed by atoms with Gasteiger partial charge in [-0.25, -0.2) is 14.8 Å². The van der Waals surface area contributed by atoms with Crippen molar-refractivity contribution in [2.24, 2.45) is 4.99 Å². The van der Waals surface area contributed by atoms with Gasteiger partial charge >= 0.3 is 0 Å². The Morgan fingerprint density at radius 1 is 0.953 bits per heavy atom. The summed E-state index contributed by atoms with van der Waals surface area (Å²) in [5, 5.41) is 9.03. The number of nitrogens with zero attached hydrogens (tertiary/aromatic N) is 1. The Bertz CT molecular complexity index is 1570. The van der Waals surface area contributed by atoms with Crippen molar-refractivity contribution < 1.29 is 23.8 Å². The number of rotatable bonds is 12. The van der Waals surface area contributed by atoms with E-state index in [9.17, 15) is 9.18 Å². The van der Waals surface area contributed by atoms with Crippen LogP contribution in [0.4, 0.5) is 4.39 Å². The summed E-state index contributed by atoms with van der Waals surface area (Å²) >= 11 is 6.98. The summed E-state index contributed by atoms with van der Waals surface area (Å²) < 4.78 is 28.3. The summed E-state index contributed by atoms with van der Waals surface area (Å²) in [5.74, 6) is 0.182. The summed E-state index contributed by atoms with van der Waals surface area (Å²) in [5.41, 5.74) is 7.03. The number of halogens is 3. The second kappa shape index (κ2) is 14.3. The van der Waals surface area contributed by atoms with E-state index >= 15 is 0 Å². The molecule has 0 saturated carbocycles. The summed E-state index contributed by atoms with van der Waals surface area (Å²) in [6, 6.07) is 29.0. The summed E-state index contributed by atoms with van der Waals surface area (Å²) in [7, 11) is 0. The van der Waals surface area contributed by atoms with Gasteiger partial charge in [-0.2, -0.15) is 0 Å². The van der Waals surface area contributed by atoms with Gasteiger partial charge in [0.15, 0.2) is 11.6 Å². The third-order valence-electron chi connectivity index (χ3n) is 7.03. The number of carbonyl (C=O) groups is 1. The van der Waals surface area contributed by atoms with Gasteiger partial charge in [-0.3, -0.25) is 10.2 Å². The molecular weight excluding hydrogens is 681 g/mol. The molecule has 0 aliphatic carbocycles. The molecule has 4 aromatic rings. The molecule has 4 aromatic carbocycles. The smallest absolute Gasteiger partial charge is 0.266 e. The second-order valence-corrected chi connectivity index (χ2v) is 11.9. The van der Waals surface area contributed by atoms with Gasteiger partial charge in [0.1, 0.15) is 11.6 Å². The molecule has 0 unspecified atom stereocenters. The predicted molar refractivity (Wildman–Crippen MR) is 170 cm³/mol. The zero-order chi connectivity index (χ0) is 30.2. The van der Waals surface area contributed by atoms with Gasteiger partial charge in [0.2, 0.25) is 5.90 Å². The van der Waals surface area contributed by atoms with Crippen LogP contribution < -0.4 is 15.6 Å². The number of nitrogens with one attached hydrogen (secondary N) is 2. The largest absolute Gasteiger partial charge is 0.494 e. The number of aliphatic hydroxyl groups excluding tert-OH is 1. The van der Waals surface area contributed by atoms with E-state index in [4.69, 9.17) is 19.6 Å². The van der Waals surface area contributed by atoms with E-state index in [-0.39, 0.29) is 25.4 Å². The molecule has 7 nitrogen and oxygen atoms in total. The van der Waals surface area contributed by atoms with Crippen LogP contribution in [-0.2, 0) is 22.5 Å². The van der Waals surface area contributed by atoms with Crippen molar-refractivity contribution >= 4 is 43.7 Å². The lowest BCUT2D eigenvalue weighted by atomic mass is 9.82. The highest BCUT2D eigenvalue weighted by Gasteiger charge is 2.53. The Labute approximate surface area is 266 Å². The average molecular weight is 711 g/mol. The van der Waals surface area contributed by atoms with Gasteiger partial charge in [-0.15, -0.1) is 0 Å². The summed E-state index contributed by atoms with van der Waals surface area (Å²) in [6.45, 7) is 0.540. The van der Waals surface area contributed by atoms with Gasteiger partial charge in [0.05, 0.1) is 6.61 Å². The highest BCUT2D eigenvalue weighted by molar-refractivity contribution is 9.10. The van der Waals surface area contributed by atoms with E-state index in [0.717, 1.165) is 20.1 Å². The van der Waals surface area contributed by atoms with E-state index in [1.54, 1.807) is 30.3 Å². The molecule has 5 rings (SSSR count). The minimum Gasteiger partial charge on any atom is -0.494 e. The molecule has 10 heteroatoms. The number of aliphatic imine (C=N–C) groups is 1. The molecule has 1 heterocycles. The fourth-order valence-corrected chi connectivity index (χ4v) is 5.33. The van der Waals surface area contributed by atoms with E-state index in [0.29, 0.717) is 35.8 Å². The third-order valence-corrected chi connectivity index (χ3v) is 8.09. The quantitative estimate of drug-likeness (QED) is 0.116. The van der Waals surface area contributed by atoms with Crippen molar-refractivity contribution in [2.75, 3.05) is 13.2 Å².